The molecule has 1 aromatic carbocycles. The Labute approximate surface area is 118 Å². The van der Waals surface area contributed by atoms with Crippen molar-refractivity contribution in [3.63, 3.8) is 0 Å². The minimum Gasteiger partial charge on any atom is -0.494 e. The average molecular weight is 276 g/mol. The van der Waals surface area contributed by atoms with Gasteiger partial charge >= 0.3 is 0 Å². The van der Waals surface area contributed by atoms with Crippen molar-refractivity contribution < 1.29 is 14.3 Å². The second-order valence-electron chi connectivity index (χ2n) is 5.02. The zero-order valence-electron chi connectivity index (χ0n) is 12.1. The predicted molar refractivity (Wildman–Crippen MR) is 76.3 cm³/mol. The number of benzene rings is 1. The molecule has 0 aromatic heterocycles. The van der Waals surface area contributed by atoms with E-state index in [1.807, 2.05) is 6.92 Å². The van der Waals surface area contributed by atoms with Gasteiger partial charge in [-0.15, -0.1) is 0 Å². The molecule has 5 heteroatoms. The van der Waals surface area contributed by atoms with Crippen molar-refractivity contribution in [3.8, 4) is 5.75 Å². The fraction of sp³-hybridized carbons (Fsp3) is 0.467. The molecule has 0 bridgehead atoms. The fourth-order valence-electron chi connectivity index (χ4n) is 2.36. The monoisotopic (exact) mass is 276 g/mol. The van der Waals surface area contributed by atoms with Gasteiger partial charge in [0.1, 0.15) is 5.75 Å². The molecule has 20 heavy (non-hydrogen) atoms. The zero-order valence-corrected chi connectivity index (χ0v) is 12.1. The van der Waals surface area contributed by atoms with Crippen LogP contribution in [0.3, 0.4) is 0 Å². The first-order chi connectivity index (χ1) is 9.51. The van der Waals surface area contributed by atoms with Crippen LogP contribution in [0.15, 0.2) is 18.2 Å². The number of carbonyl (C=O) groups is 2. The number of anilines is 1. The molecule has 2 N–H and O–H groups in total. The molecule has 0 radical (unpaired) electrons. The van der Waals surface area contributed by atoms with Gasteiger partial charge in [-0.05, 0) is 25.1 Å². The van der Waals surface area contributed by atoms with Crippen molar-refractivity contribution in [2.75, 3.05) is 11.5 Å². The second kappa shape index (κ2) is 5.63. The van der Waals surface area contributed by atoms with Crippen LogP contribution in [0.1, 0.15) is 26.3 Å². The van der Waals surface area contributed by atoms with Crippen molar-refractivity contribution >= 4 is 17.5 Å². The minimum atomic E-state index is -0.282. The van der Waals surface area contributed by atoms with Crippen LogP contribution >= 0.6 is 0 Å². The highest BCUT2D eigenvalue weighted by Gasteiger charge is 2.43. The van der Waals surface area contributed by atoms with Gasteiger partial charge in [0.05, 0.1) is 12.3 Å². The Morgan fingerprint density at radius 3 is 2.30 bits per heavy atom. The van der Waals surface area contributed by atoms with Gasteiger partial charge in [0.2, 0.25) is 11.8 Å². The second-order valence-corrected chi connectivity index (χ2v) is 5.02. The first-order valence-electron chi connectivity index (χ1n) is 6.84. The lowest BCUT2D eigenvalue weighted by atomic mass is 10.00. The molecule has 1 aromatic rings. The van der Waals surface area contributed by atoms with Gasteiger partial charge < -0.3 is 10.5 Å². The van der Waals surface area contributed by atoms with Crippen LogP contribution in [0, 0.1) is 11.8 Å². The standard InChI is InChI=1S/C15H20N2O3/c1-4-20-13-6-5-12(7-11(13)8-16)17-14(18)9(2)10(3)15(17)19/h5-7,9-10H,4,8,16H2,1-3H3. The van der Waals surface area contributed by atoms with E-state index in [1.165, 1.54) is 4.90 Å². The number of rotatable bonds is 4. The lowest BCUT2D eigenvalue weighted by Crippen LogP contribution is -2.30. The third-order valence-corrected chi connectivity index (χ3v) is 3.79. The highest BCUT2D eigenvalue weighted by atomic mass is 16.5. The summed E-state index contributed by atoms with van der Waals surface area (Å²) in [5.41, 5.74) is 7.06. The maximum atomic E-state index is 12.2. The van der Waals surface area contributed by atoms with Gasteiger partial charge in [-0.25, -0.2) is 0 Å². The van der Waals surface area contributed by atoms with E-state index in [-0.39, 0.29) is 23.7 Å². The van der Waals surface area contributed by atoms with E-state index in [0.717, 1.165) is 5.56 Å². The third kappa shape index (κ3) is 2.29. The molecule has 1 aliphatic heterocycles. The predicted octanol–water partition coefficient (Wildman–Crippen LogP) is 1.69. The highest BCUT2D eigenvalue weighted by molar-refractivity contribution is 6.21. The molecule has 0 aliphatic carbocycles. The number of carbonyl (C=O) groups excluding carboxylic acids is 2. The van der Waals surface area contributed by atoms with Gasteiger partial charge in [0, 0.05) is 23.9 Å². The Morgan fingerprint density at radius 2 is 1.80 bits per heavy atom. The summed E-state index contributed by atoms with van der Waals surface area (Å²) in [7, 11) is 0. The van der Waals surface area contributed by atoms with Crippen LogP contribution in [0.25, 0.3) is 0 Å². The molecule has 5 nitrogen and oxygen atoms in total. The molecule has 2 amide bonds. The Hall–Kier alpha value is -1.88. The summed E-state index contributed by atoms with van der Waals surface area (Å²) >= 11 is 0. The van der Waals surface area contributed by atoms with Crippen LogP contribution in [0.2, 0.25) is 0 Å². The molecule has 2 atom stereocenters. The number of amides is 2. The number of nitrogens with two attached hydrogens (primary N) is 1. The van der Waals surface area contributed by atoms with Crippen molar-refractivity contribution in [2.24, 2.45) is 17.6 Å². The van der Waals surface area contributed by atoms with E-state index in [1.54, 1.807) is 32.0 Å². The number of hydrogen-bond donors (Lipinski definition) is 1. The summed E-state index contributed by atoms with van der Waals surface area (Å²) < 4.78 is 5.47. The van der Waals surface area contributed by atoms with E-state index in [0.29, 0.717) is 24.6 Å². The first-order valence-corrected chi connectivity index (χ1v) is 6.84. The lowest BCUT2D eigenvalue weighted by Gasteiger charge is -2.17. The molecule has 1 fully saturated rings. The van der Waals surface area contributed by atoms with E-state index < -0.39 is 0 Å². The van der Waals surface area contributed by atoms with Crippen LogP contribution < -0.4 is 15.4 Å². The molecule has 0 saturated carbocycles. The summed E-state index contributed by atoms with van der Waals surface area (Å²) in [6.45, 7) is 6.30. The molecule has 2 unspecified atom stereocenters. The Morgan fingerprint density at radius 1 is 1.20 bits per heavy atom. The number of imide groups is 1. The van der Waals surface area contributed by atoms with E-state index in [9.17, 15) is 9.59 Å². The Bertz CT molecular complexity index is 522. The Kier molecular flexibility index (Phi) is 4.09. The van der Waals surface area contributed by atoms with Crippen molar-refractivity contribution in [1.82, 2.24) is 0 Å². The SMILES string of the molecule is CCOc1ccc(N2C(=O)C(C)C(C)C2=O)cc1CN. The number of nitrogens with zero attached hydrogens (tertiary/aromatic N) is 1. The quantitative estimate of drug-likeness (QED) is 0.849. The minimum absolute atomic E-state index is 0.158. The van der Waals surface area contributed by atoms with Crippen molar-refractivity contribution in [2.45, 2.75) is 27.3 Å². The molecular formula is C15H20N2O3. The third-order valence-electron chi connectivity index (χ3n) is 3.79. The summed E-state index contributed by atoms with van der Waals surface area (Å²) in [6.07, 6.45) is 0. The smallest absolute Gasteiger partial charge is 0.237 e. The molecule has 1 heterocycles. The normalized spacial score (nSPS) is 22.5. The topological polar surface area (TPSA) is 72.6 Å². The van der Waals surface area contributed by atoms with Gasteiger partial charge in [-0.1, -0.05) is 13.8 Å². The summed E-state index contributed by atoms with van der Waals surface area (Å²) in [6, 6.07) is 5.24. The van der Waals surface area contributed by atoms with Gasteiger partial charge in [-0.3, -0.25) is 14.5 Å². The fourth-order valence-corrected chi connectivity index (χ4v) is 2.36. The molecule has 108 valence electrons. The van der Waals surface area contributed by atoms with Crippen LogP contribution in [-0.4, -0.2) is 18.4 Å². The maximum absolute atomic E-state index is 12.2. The molecule has 2 rings (SSSR count). The lowest BCUT2D eigenvalue weighted by molar-refractivity contribution is -0.122. The van der Waals surface area contributed by atoms with Gasteiger partial charge in [0.15, 0.2) is 0 Å². The van der Waals surface area contributed by atoms with Crippen molar-refractivity contribution in [3.05, 3.63) is 23.8 Å². The van der Waals surface area contributed by atoms with E-state index in [2.05, 4.69) is 0 Å². The molecular weight excluding hydrogens is 256 g/mol. The molecule has 1 saturated heterocycles. The van der Waals surface area contributed by atoms with Crippen LogP contribution in [-0.2, 0) is 16.1 Å². The van der Waals surface area contributed by atoms with E-state index >= 15 is 0 Å². The number of hydrogen-bond acceptors (Lipinski definition) is 4. The molecule has 0 spiro atoms. The summed E-state index contributed by atoms with van der Waals surface area (Å²) in [5.74, 6) is -0.186. The first kappa shape index (κ1) is 14.5. The van der Waals surface area contributed by atoms with E-state index in [4.69, 9.17) is 10.5 Å². The number of ether oxygens (including phenoxy) is 1. The van der Waals surface area contributed by atoms with Gasteiger partial charge in [0.25, 0.3) is 0 Å². The largest absolute Gasteiger partial charge is 0.494 e. The van der Waals surface area contributed by atoms with Gasteiger partial charge in [-0.2, -0.15) is 0 Å². The summed E-state index contributed by atoms with van der Waals surface area (Å²) in [5, 5.41) is 0. The molecule has 1 aliphatic rings. The van der Waals surface area contributed by atoms with Crippen LogP contribution in [0.5, 0.6) is 5.75 Å². The summed E-state index contributed by atoms with van der Waals surface area (Å²) in [4.78, 5) is 25.6. The average Bonchev–Trinajstić information content (AvgIpc) is 2.64. The van der Waals surface area contributed by atoms with Crippen molar-refractivity contribution in [1.29, 1.82) is 0 Å². The van der Waals surface area contributed by atoms with Crippen LogP contribution in [0.4, 0.5) is 5.69 Å². The Balaban J connectivity index is 2.39. The zero-order chi connectivity index (χ0) is 14.9. The highest BCUT2D eigenvalue weighted by Crippen LogP contribution is 2.32. The maximum Gasteiger partial charge on any atom is 0.237 e.